The zero-order valence-corrected chi connectivity index (χ0v) is 9.23. The Kier molecular flexibility index (Phi) is 4.04. The number of anilines is 1. The lowest BCUT2D eigenvalue weighted by Gasteiger charge is -2.16. The van der Waals surface area contributed by atoms with Crippen LogP contribution in [0.1, 0.15) is 12.5 Å². The molecule has 1 atom stereocenters. The van der Waals surface area contributed by atoms with E-state index in [1.54, 1.807) is 0 Å². The highest BCUT2D eigenvalue weighted by Gasteiger charge is 2.34. The van der Waals surface area contributed by atoms with Gasteiger partial charge in [-0.05, 0) is 19.1 Å². The summed E-state index contributed by atoms with van der Waals surface area (Å²) in [7, 11) is 0. The molecule has 90 valence electrons. The number of alkyl halides is 3. The summed E-state index contributed by atoms with van der Waals surface area (Å²) in [5.74, 6) is 0. The Morgan fingerprint density at radius 2 is 2.06 bits per heavy atom. The molecule has 0 unspecified atom stereocenters. The molecule has 0 saturated heterocycles. The Morgan fingerprint density at radius 3 is 2.56 bits per heavy atom. The zero-order valence-electron chi connectivity index (χ0n) is 8.48. The van der Waals surface area contributed by atoms with Crippen LogP contribution >= 0.6 is 11.6 Å². The van der Waals surface area contributed by atoms with Crippen molar-refractivity contribution in [3.8, 4) is 0 Å². The van der Waals surface area contributed by atoms with E-state index in [1.807, 2.05) is 0 Å². The molecule has 1 aromatic rings. The van der Waals surface area contributed by atoms with Crippen LogP contribution in [-0.4, -0.2) is 17.8 Å². The first kappa shape index (κ1) is 13.1. The lowest BCUT2D eigenvalue weighted by atomic mass is 10.1. The Hall–Kier alpha value is -0.940. The van der Waals surface area contributed by atoms with Gasteiger partial charge in [-0.3, -0.25) is 0 Å². The smallest absolute Gasteiger partial charge is 0.392 e. The maximum Gasteiger partial charge on any atom is 0.418 e. The Labute approximate surface area is 96.0 Å². The monoisotopic (exact) mass is 253 g/mol. The van der Waals surface area contributed by atoms with Gasteiger partial charge >= 0.3 is 6.18 Å². The number of hydrogen-bond donors (Lipinski definition) is 2. The fourth-order valence-corrected chi connectivity index (χ4v) is 1.43. The number of nitrogens with one attached hydrogen (secondary N) is 1. The summed E-state index contributed by atoms with van der Waals surface area (Å²) in [5.41, 5.74) is -1.03. The van der Waals surface area contributed by atoms with Crippen molar-refractivity contribution in [2.24, 2.45) is 0 Å². The number of para-hydroxylation sites is 1. The molecule has 0 aliphatic heterocycles. The van der Waals surface area contributed by atoms with Gasteiger partial charge < -0.3 is 10.4 Å². The molecule has 0 amide bonds. The molecular formula is C10H11ClF3NO. The SMILES string of the molecule is C[C@@H](O)CNc1c(Cl)cccc1C(F)(F)F. The van der Waals surface area contributed by atoms with Gasteiger partial charge in [-0.2, -0.15) is 13.2 Å². The topological polar surface area (TPSA) is 32.3 Å². The summed E-state index contributed by atoms with van der Waals surface area (Å²) in [6, 6.07) is 3.54. The van der Waals surface area contributed by atoms with E-state index in [4.69, 9.17) is 16.7 Å². The van der Waals surface area contributed by atoms with E-state index in [1.165, 1.54) is 19.1 Å². The van der Waals surface area contributed by atoms with Crippen molar-refractivity contribution in [1.82, 2.24) is 0 Å². The molecule has 0 spiro atoms. The first-order valence-electron chi connectivity index (χ1n) is 4.60. The minimum Gasteiger partial charge on any atom is -0.392 e. The Bertz CT molecular complexity index is 366. The molecule has 1 rings (SSSR count). The van der Waals surface area contributed by atoms with E-state index in [9.17, 15) is 13.2 Å². The molecule has 0 aliphatic carbocycles. The second kappa shape index (κ2) is 4.93. The number of aliphatic hydroxyl groups excluding tert-OH is 1. The predicted molar refractivity (Wildman–Crippen MR) is 56.6 cm³/mol. The largest absolute Gasteiger partial charge is 0.418 e. The fraction of sp³-hybridized carbons (Fsp3) is 0.400. The number of rotatable bonds is 3. The van der Waals surface area contributed by atoms with E-state index in [-0.39, 0.29) is 17.3 Å². The van der Waals surface area contributed by atoms with E-state index in [0.717, 1.165) is 6.07 Å². The Balaban J connectivity index is 3.04. The third-order valence-corrected chi connectivity index (χ3v) is 2.21. The summed E-state index contributed by atoms with van der Waals surface area (Å²) in [6.07, 6.45) is -5.22. The highest BCUT2D eigenvalue weighted by Crippen LogP contribution is 2.38. The highest BCUT2D eigenvalue weighted by molar-refractivity contribution is 6.33. The molecule has 2 nitrogen and oxygen atoms in total. The second-order valence-corrected chi connectivity index (χ2v) is 3.80. The molecule has 0 heterocycles. The molecule has 0 radical (unpaired) electrons. The fourth-order valence-electron chi connectivity index (χ4n) is 1.19. The van der Waals surface area contributed by atoms with Gasteiger partial charge in [0.2, 0.25) is 0 Å². The van der Waals surface area contributed by atoms with E-state index in [2.05, 4.69) is 5.32 Å². The van der Waals surface area contributed by atoms with Crippen molar-refractivity contribution in [2.45, 2.75) is 19.2 Å². The van der Waals surface area contributed by atoms with Gasteiger partial charge in [0, 0.05) is 6.54 Å². The molecule has 0 aliphatic rings. The van der Waals surface area contributed by atoms with Crippen LogP contribution in [0.5, 0.6) is 0 Å². The molecule has 2 N–H and O–H groups in total. The average molecular weight is 254 g/mol. The van der Waals surface area contributed by atoms with Crippen LogP contribution < -0.4 is 5.32 Å². The Morgan fingerprint density at radius 1 is 1.44 bits per heavy atom. The van der Waals surface area contributed by atoms with Gasteiger partial charge in [0.1, 0.15) is 0 Å². The van der Waals surface area contributed by atoms with Crippen LogP contribution in [0.15, 0.2) is 18.2 Å². The van der Waals surface area contributed by atoms with E-state index < -0.39 is 17.8 Å². The summed E-state index contributed by atoms with van der Waals surface area (Å²) in [4.78, 5) is 0. The maximum atomic E-state index is 12.6. The van der Waals surface area contributed by atoms with Crippen molar-refractivity contribution in [2.75, 3.05) is 11.9 Å². The van der Waals surface area contributed by atoms with Crippen LogP contribution in [-0.2, 0) is 6.18 Å². The summed E-state index contributed by atoms with van der Waals surface area (Å²) < 4.78 is 37.8. The summed E-state index contributed by atoms with van der Waals surface area (Å²) >= 11 is 5.67. The van der Waals surface area contributed by atoms with Crippen LogP contribution in [0, 0.1) is 0 Å². The van der Waals surface area contributed by atoms with Gasteiger partial charge in [0.05, 0.1) is 22.4 Å². The summed E-state index contributed by atoms with van der Waals surface area (Å²) in [5, 5.41) is 11.5. The van der Waals surface area contributed by atoms with Crippen molar-refractivity contribution in [3.05, 3.63) is 28.8 Å². The van der Waals surface area contributed by atoms with Crippen LogP contribution in [0.4, 0.5) is 18.9 Å². The van der Waals surface area contributed by atoms with Crippen molar-refractivity contribution < 1.29 is 18.3 Å². The standard InChI is InChI=1S/C10H11ClF3NO/c1-6(16)5-15-9-7(10(12,13)14)3-2-4-8(9)11/h2-4,6,15-16H,5H2,1H3/t6-/m1/s1. The molecular weight excluding hydrogens is 243 g/mol. The minimum absolute atomic E-state index is 0.00676. The van der Waals surface area contributed by atoms with Gasteiger partial charge in [-0.1, -0.05) is 17.7 Å². The number of benzene rings is 1. The number of halogens is 4. The molecule has 0 bridgehead atoms. The van der Waals surface area contributed by atoms with E-state index in [0.29, 0.717) is 0 Å². The zero-order chi connectivity index (χ0) is 12.3. The minimum atomic E-state index is -4.47. The van der Waals surface area contributed by atoms with Crippen LogP contribution in [0.3, 0.4) is 0 Å². The molecule has 0 saturated carbocycles. The van der Waals surface area contributed by atoms with Gasteiger partial charge in [-0.25, -0.2) is 0 Å². The van der Waals surface area contributed by atoms with Crippen LogP contribution in [0.25, 0.3) is 0 Å². The number of hydrogen-bond acceptors (Lipinski definition) is 2. The molecule has 16 heavy (non-hydrogen) atoms. The van der Waals surface area contributed by atoms with Crippen LogP contribution in [0.2, 0.25) is 5.02 Å². The van der Waals surface area contributed by atoms with Crippen molar-refractivity contribution in [1.29, 1.82) is 0 Å². The summed E-state index contributed by atoms with van der Waals surface area (Å²) in [6.45, 7) is 1.48. The third kappa shape index (κ3) is 3.28. The normalized spacial score (nSPS) is 13.6. The maximum absolute atomic E-state index is 12.6. The van der Waals surface area contributed by atoms with E-state index >= 15 is 0 Å². The van der Waals surface area contributed by atoms with Crippen molar-refractivity contribution in [3.63, 3.8) is 0 Å². The predicted octanol–water partition coefficient (Wildman–Crippen LogP) is 3.15. The molecule has 0 fully saturated rings. The van der Waals surface area contributed by atoms with Crippen molar-refractivity contribution >= 4 is 17.3 Å². The molecule has 1 aromatic carbocycles. The van der Waals surface area contributed by atoms with Gasteiger partial charge in [-0.15, -0.1) is 0 Å². The first-order chi connectivity index (χ1) is 7.32. The molecule has 6 heteroatoms. The average Bonchev–Trinajstić information content (AvgIpc) is 2.13. The second-order valence-electron chi connectivity index (χ2n) is 3.39. The third-order valence-electron chi connectivity index (χ3n) is 1.89. The van der Waals surface area contributed by atoms with Gasteiger partial charge in [0.25, 0.3) is 0 Å². The van der Waals surface area contributed by atoms with Gasteiger partial charge in [0.15, 0.2) is 0 Å². The quantitative estimate of drug-likeness (QED) is 0.867. The first-order valence-corrected chi connectivity index (χ1v) is 4.98. The lowest BCUT2D eigenvalue weighted by molar-refractivity contribution is -0.137. The molecule has 0 aromatic heterocycles. The highest BCUT2D eigenvalue weighted by atomic mass is 35.5. The number of aliphatic hydroxyl groups is 1. The lowest BCUT2D eigenvalue weighted by Crippen LogP contribution is -2.18.